The summed E-state index contributed by atoms with van der Waals surface area (Å²) >= 11 is 3.22. The van der Waals surface area contributed by atoms with E-state index in [0.29, 0.717) is 17.4 Å². The van der Waals surface area contributed by atoms with Gasteiger partial charge in [-0.25, -0.2) is 13.4 Å². The predicted octanol–water partition coefficient (Wildman–Crippen LogP) is 5.90. The average molecular weight is 422 g/mol. The summed E-state index contributed by atoms with van der Waals surface area (Å²) < 4.78 is 29.4. The van der Waals surface area contributed by atoms with Crippen molar-refractivity contribution < 1.29 is 13.2 Å². The van der Waals surface area contributed by atoms with Crippen molar-refractivity contribution in [3.63, 3.8) is 0 Å². The normalized spacial score (nSPS) is 11.6. The van der Waals surface area contributed by atoms with Crippen molar-refractivity contribution in [1.82, 2.24) is 4.98 Å². The Hall–Kier alpha value is -1.70. The number of thiophene rings is 1. The fraction of sp³-hybridized carbons (Fsp3) is 0.350. The first kappa shape index (κ1) is 20.0. The summed E-state index contributed by atoms with van der Waals surface area (Å²) in [4.78, 5) is 7.07. The number of thiazole rings is 1. The number of unbranched alkanes of at least 4 members (excludes halogenated alkanes) is 3. The standard InChI is InChI=1S/C20H23NO3S3/c1-3-4-5-6-13-24-19-18(26-20(21-19)17-8-7-14-25-17)15-9-11-16(12-10-15)27(2,22)23/h7-12,14H,3-6,13H2,1-2H3. The lowest BCUT2D eigenvalue weighted by Crippen LogP contribution is -1.99. The molecule has 0 saturated heterocycles. The van der Waals surface area contributed by atoms with Crippen molar-refractivity contribution in [3.8, 4) is 26.2 Å². The number of rotatable bonds is 9. The monoisotopic (exact) mass is 421 g/mol. The first-order valence-corrected chi connectivity index (χ1v) is 12.6. The highest BCUT2D eigenvalue weighted by atomic mass is 32.2. The Kier molecular flexibility index (Phi) is 6.68. The van der Waals surface area contributed by atoms with E-state index in [2.05, 4.69) is 6.92 Å². The van der Waals surface area contributed by atoms with E-state index >= 15 is 0 Å². The second-order valence-electron chi connectivity index (χ2n) is 6.34. The van der Waals surface area contributed by atoms with E-state index in [0.717, 1.165) is 33.2 Å². The van der Waals surface area contributed by atoms with E-state index in [4.69, 9.17) is 9.72 Å². The number of benzene rings is 1. The Bertz CT molecular complexity index is 959. The van der Waals surface area contributed by atoms with Gasteiger partial charge in [0.1, 0.15) is 5.01 Å². The SMILES string of the molecule is CCCCCCOc1nc(-c2cccs2)sc1-c1ccc(S(C)(=O)=O)cc1. The van der Waals surface area contributed by atoms with Crippen molar-refractivity contribution in [1.29, 1.82) is 0 Å². The quantitative estimate of drug-likeness (QED) is 0.404. The van der Waals surface area contributed by atoms with Crippen molar-refractivity contribution in [3.05, 3.63) is 41.8 Å². The van der Waals surface area contributed by atoms with E-state index in [1.165, 1.54) is 19.1 Å². The maximum atomic E-state index is 11.7. The first-order chi connectivity index (χ1) is 13.0. The molecule has 0 bridgehead atoms. The molecule has 2 heterocycles. The van der Waals surface area contributed by atoms with Gasteiger partial charge in [-0.1, -0.05) is 44.4 Å². The maximum absolute atomic E-state index is 11.7. The Morgan fingerprint density at radius 3 is 2.48 bits per heavy atom. The molecule has 0 amide bonds. The Labute approximate surface area is 168 Å². The van der Waals surface area contributed by atoms with Gasteiger partial charge in [-0.05, 0) is 35.6 Å². The Morgan fingerprint density at radius 1 is 1.07 bits per heavy atom. The average Bonchev–Trinajstić information content (AvgIpc) is 3.31. The van der Waals surface area contributed by atoms with Gasteiger partial charge in [-0.15, -0.1) is 22.7 Å². The number of nitrogens with zero attached hydrogens (tertiary/aromatic N) is 1. The molecule has 3 rings (SSSR count). The van der Waals surface area contributed by atoms with Crippen LogP contribution in [-0.2, 0) is 9.84 Å². The summed E-state index contributed by atoms with van der Waals surface area (Å²) in [6, 6.07) is 11.0. The molecule has 0 spiro atoms. The fourth-order valence-electron chi connectivity index (χ4n) is 2.64. The zero-order chi connectivity index (χ0) is 19.3. The number of sulfone groups is 1. The molecule has 27 heavy (non-hydrogen) atoms. The third kappa shape index (κ3) is 5.18. The molecule has 0 atom stereocenters. The van der Waals surface area contributed by atoms with Crippen LogP contribution in [0, 0.1) is 0 Å². The summed E-state index contributed by atoms with van der Waals surface area (Å²) in [5, 5.41) is 2.96. The van der Waals surface area contributed by atoms with Gasteiger partial charge >= 0.3 is 0 Å². The van der Waals surface area contributed by atoms with Gasteiger partial charge in [0, 0.05) is 6.26 Å². The van der Waals surface area contributed by atoms with Crippen LogP contribution >= 0.6 is 22.7 Å². The minimum atomic E-state index is -3.21. The van der Waals surface area contributed by atoms with Crippen molar-refractivity contribution in [2.45, 2.75) is 37.5 Å². The molecule has 0 aliphatic heterocycles. The molecule has 0 fully saturated rings. The fourth-order valence-corrected chi connectivity index (χ4v) is 5.09. The smallest absolute Gasteiger partial charge is 0.233 e. The van der Waals surface area contributed by atoms with E-state index in [9.17, 15) is 8.42 Å². The van der Waals surface area contributed by atoms with E-state index in [1.807, 2.05) is 29.6 Å². The minimum Gasteiger partial charge on any atom is -0.477 e. The molecule has 2 aromatic heterocycles. The van der Waals surface area contributed by atoms with Gasteiger partial charge in [0.05, 0.1) is 21.3 Å². The largest absolute Gasteiger partial charge is 0.477 e. The zero-order valence-corrected chi connectivity index (χ0v) is 17.9. The molecule has 4 nitrogen and oxygen atoms in total. The van der Waals surface area contributed by atoms with Crippen molar-refractivity contribution >= 4 is 32.5 Å². The second kappa shape index (κ2) is 8.99. The lowest BCUT2D eigenvalue weighted by molar-refractivity contribution is 0.297. The van der Waals surface area contributed by atoms with Gasteiger partial charge in [0.25, 0.3) is 0 Å². The van der Waals surface area contributed by atoms with Gasteiger partial charge in [0.2, 0.25) is 5.88 Å². The van der Waals surface area contributed by atoms with Gasteiger partial charge < -0.3 is 4.74 Å². The van der Waals surface area contributed by atoms with Crippen LogP contribution in [-0.4, -0.2) is 26.3 Å². The lowest BCUT2D eigenvalue weighted by atomic mass is 10.2. The third-order valence-corrected chi connectivity index (χ3v) is 7.36. The molecule has 0 radical (unpaired) electrons. The molecule has 0 saturated carbocycles. The lowest BCUT2D eigenvalue weighted by Gasteiger charge is -2.06. The zero-order valence-electron chi connectivity index (χ0n) is 15.5. The van der Waals surface area contributed by atoms with Crippen LogP contribution < -0.4 is 4.74 Å². The molecule has 0 aliphatic carbocycles. The Balaban J connectivity index is 1.87. The van der Waals surface area contributed by atoms with Gasteiger partial charge in [-0.2, -0.15) is 0 Å². The van der Waals surface area contributed by atoms with Crippen molar-refractivity contribution in [2.75, 3.05) is 12.9 Å². The molecular weight excluding hydrogens is 398 g/mol. The van der Waals surface area contributed by atoms with Gasteiger partial charge in [0.15, 0.2) is 9.84 Å². The summed E-state index contributed by atoms with van der Waals surface area (Å²) in [5.74, 6) is 0.631. The summed E-state index contributed by atoms with van der Waals surface area (Å²) in [5.41, 5.74) is 0.922. The Morgan fingerprint density at radius 2 is 1.85 bits per heavy atom. The van der Waals surface area contributed by atoms with Crippen LogP contribution in [0.5, 0.6) is 5.88 Å². The molecule has 3 aromatic rings. The first-order valence-electron chi connectivity index (χ1n) is 8.97. The molecule has 7 heteroatoms. The molecule has 0 N–H and O–H groups in total. The summed E-state index contributed by atoms with van der Waals surface area (Å²) in [6.45, 7) is 2.83. The van der Waals surface area contributed by atoms with Crippen LogP contribution in [0.2, 0.25) is 0 Å². The minimum absolute atomic E-state index is 0.316. The highest BCUT2D eigenvalue weighted by Gasteiger charge is 2.17. The molecular formula is C20H23NO3S3. The van der Waals surface area contributed by atoms with E-state index in [1.54, 1.807) is 34.8 Å². The van der Waals surface area contributed by atoms with Crippen LogP contribution in [0.1, 0.15) is 32.6 Å². The van der Waals surface area contributed by atoms with E-state index < -0.39 is 9.84 Å². The van der Waals surface area contributed by atoms with Crippen LogP contribution in [0.25, 0.3) is 20.3 Å². The molecule has 1 aromatic carbocycles. The molecule has 0 unspecified atom stereocenters. The molecule has 0 aliphatic rings. The topological polar surface area (TPSA) is 56.3 Å². The number of ether oxygens (including phenoxy) is 1. The summed E-state index contributed by atoms with van der Waals surface area (Å²) in [6.07, 6.45) is 5.77. The number of aromatic nitrogens is 1. The molecule has 144 valence electrons. The van der Waals surface area contributed by atoms with E-state index in [-0.39, 0.29) is 0 Å². The maximum Gasteiger partial charge on any atom is 0.233 e. The van der Waals surface area contributed by atoms with Crippen LogP contribution in [0.15, 0.2) is 46.7 Å². The van der Waals surface area contributed by atoms with Crippen LogP contribution in [0.3, 0.4) is 0 Å². The number of hydrogen-bond acceptors (Lipinski definition) is 6. The van der Waals surface area contributed by atoms with Crippen molar-refractivity contribution in [2.24, 2.45) is 0 Å². The van der Waals surface area contributed by atoms with Crippen LogP contribution in [0.4, 0.5) is 0 Å². The second-order valence-corrected chi connectivity index (χ2v) is 10.3. The predicted molar refractivity (Wildman–Crippen MR) is 114 cm³/mol. The highest BCUT2D eigenvalue weighted by molar-refractivity contribution is 7.90. The third-order valence-electron chi connectivity index (χ3n) is 4.11. The summed E-state index contributed by atoms with van der Waals surface area (Å²) in [7, 11) is -3.21. The number of hydrogen-bond donors (Lipinski definition) is 0. The van der Waals surface area contributed by atoms with Gasteiger partial charge in [-0.3, -0.25) is 0 Å². The highest BCUT2D eigenvalue weighted by Crippen LogP contribution is 2.41.